The van der Waals surface area contributed by atoms with Crippen LogP contribution in [-0.4, -0.2) is 59.7 Å². The highest BCUT2D eigenvalue weighted by Crippen LogP contribution is 2.28. The highest BCUT2D eigenvalue weighted by Gasteiger charge is 2.17. The maximum atomic E-state index is 6.24. The molecule has 0 aliphatic carbocycles. The molecule has 0 radical (unpaired) electrons. The quantitative estimate of drug-likeness (QED) is 0.390. The molecule has 2 aromatic heterocycles. The first kappa shape index (κ1) is 22.7. The van der Waals surface area contributed by atoms with Gasteiger partial charge in [-0.25, -0.2) is 9.97 Å². The van der Waals surface area contributed by atoms with Crippen molar-refractivity contribution in [2.24, 2.45) is 5.92 Å². The molecule has 1 saturated heterocycles. The molecule has 0 unspecified atom stereocenters. The molecule has 0 spiro atoms. The van der Waals surface area contributed by atoms with Crippen LogP contribution in [0.5, 0.6) is 5.75 Å². The van der Waals surface area contributed by atoms with E-state index < -0.39 is 0 Å². The second kappa shape index (κ2) is 9.68. The molecular formula is C26H30ClN5O2. The first-order valence-corrected chi connectivity index (χ1v) is 12.1. The van der Waals surface area contributed by atoms with Crippen LogP contribution in [0.2, 0.25) is 5.02 Å². The SMILES string of the molecule is CC(C)COc1ccc(Cl)cc1Cc1nc(-c2nc3cc(N4CCN(C)CC4)ccc3[nH]2)co1. The van der Waals surface area contributed by atoms with Gasteiger partial charge in [0.15, 0.2) is 11.7 Å². The second-order valence-corrected chi connectivity index (χ2v) is 9.77. The third kappa shape index (κ3) is 5.05. The van der Waals surface area contributed by atoms with Gasteiger partial charge >= 0.3 is 0 Å². The number of fused-ring (bicyclic) bond motifs is 1. The Labute approximate surface area is 204 Å². The smallest absolute Gasteiger partial charge is 0.199 e. The number of nitrogens with one attached hydrogen (secondary N) is 1. The highest BCUT2D eigenvalue weighted by molar-refractivity contribution is 6.30. The van der Waals surface area contributed by atoms with Crippen molar-refractivity contribution in [1.29, 1.82) is 0 Å². The molecule has 3 heterocycles. The van der Waals surface area contributed by atoms with Crippen molar-refractivity contribution in [2.75, 3.05) is 44.7 Å². The average molecular weight is 480 g/mol. The number of hydrogen-bond donors (Lipinski definition) is 1. The highest BCUT2D eigenvalue weighted by atomic mass is 35.5. The molecule has 1 fully saturated rings. The molecule has 2 aromatic carbocycles. The predicted molar refractivity (Wildman–Crippen MR) is 136 cm³/mol. The molecule has 0 saturated carbocycles. The fraction of sp³-hybridized carbons (Fsp3) is 0.385. The van der Waals surface area contributed by atoms with Crippen LogP contribution in [0.15, 0.2) is 47.1 Å². The lowest BCUT2D eigenvalue weighted by Gasteiger charge is -2.34. The largest absolute Gasteiger partial charge is 0.493 e. The van der Waals surface area contributed by atoms with Gasteiger partial charge in [-0.2, -0.15) is 0 Å². The Morgan fingerprint density at radius 1 is 1.09 bits per heavy atom. The van der Waals surface area contributed by atoms with Crippen LogP contribution in [0.3, 0.4) is 0 Å². The minimum atomic E-state index is 0.432. The number of benzene rings is 2. The van der Waals surface area contributed by atoms with E-state index in [0.29, 0.717) is 41.4 Å². The molecule has 0 atom stereocenters. The lowest BCUT2D eigenvalue weighted by Crippen LogP contribution is -2.44. The van der Waals surface area contributed by atoms with Crippen LogP contribution in [0, 0.1) is 5.92 Å². The number of aromatic amines is 1. The summed E-state index contributed by atoms with van der Waals surface area (Å²) in [5.74, 6) is 2.52. The minimum absolute atomic E-state index is 0.432. The number of likely N-dealkylation sites (N-methyl/N-ethyl adjacent to an activating group) is 1. The van der Waals surface area contributed by atoms with Gasteiger partial charge in [-0.1, -0.05) is 25.4 Å². The fourth-order valence-electron chi connectivity index (χ4n) is 4.12. The van der Waals surface area contributed by atoms with E-state index in [-0.39, 0.29) is 0 Å². The van der Waals surface area contributed by atoms with Gasteiger partial charge < -0.3 is 23.9 Å². The first-order valence-electron chi connectivity index (χ1n) is 11.7. The van der Waals surface area contributed by atoms with E-state index >= 15 is 0 Å². The van der Waals surface area contributed by atoms with Gasteiger partial charge in [-0.15, -0.1) is 0 Å². The molecule has 34 heavy (non-hydrogen) atoms. The van der Waals surface area contributed by atoms with Crippen LogP contribution in [-0.2, 0) is 6.42 Å². The summed E-state index contributed by atoms with van der Waals surface area (Å²) in [5.41, 5.74) is 4.74. The summed E-state index contributed by atoms with van der Waals surface area (Å²) < 4.78 is 11.8. The molecular weight excluding hydrogens is 450 g/mol. The van der Waals surface area contributed by atoms with Crippen molar-refractivity contribution >= 4 is 28.3 Å². The summed E-state index contributed by atoms with van der Waals surface area (Å²) in [6.07, 6.45) is 2.13. The Balaban J connectivity index is 1.35. The molecule has 4 aromatic rings. The van der Waals surface area contributed by atoms with Crippen molar-refractivity contribution in [2.45, 2.75) is 20.3 Å². The number of halogens is 1. The van der Waals surface area contributed by atoms with Crippen molar-refractivity contribution < 1.29 is 9.15 Å². The monoisotopic (exact) mass is 479 g/mol. The summed E-state index contributed by atoms with van der Waals surface area (Å²) >= 11 is 6.24. The van der Waals surface area contributed by atoms with E-state index in [1.807, 2.05) is 18.2 Å². The summed E-state index contributed by atoms with van der Waals surface area (Å²) in [6, 6.07) is 12.0. The van der Waals surface area contributed by atoms with E-state index in [4.69, 9.17) is 25.7 Å². The van der Waals surface area contributed by atoms with E-state index in [9.17, 15) is 0 Å². The molecule has 1 aliphatic rings. The third-order valence-electron chi connectivity index (χ3n) is 6.07. The van der Waals surface area contributed by atoms with Crippen molar-refractivity contribution in [3.8, 4) is 17.3 Å². The average Bonchev–Trinajstić information content (AvgIpc) is 3.45. The number of anilines is 1. The van der Waals surface area contributed by atoms with Gasteiger partial charge in [0.25, 0.3) is 0 Å². The third-order valence-corrected chi connectivity index (χ3v) is 6.30. The maximum absolute atomic E-state index is 6.24. The number of rotatable bonds is 7. The lowest BCUT2D eigenvalue weighted by molar-refractivity contribution is 0.268. The Morgan fingerprint density at radius 3 is 2.71 bits per heavy atom. The van der Waals surface area contributed by atoms with Crippen molar-refractivity contribution in [3.63, 3.8) is 0 Å². The van der Waals surface area contributed by atoms with Crippen molar-refractivity contribution in [3.05, 3.63) is 59.1 Å². The van der Waals surface area contributed by atoms with Crippen LogP contribution < -0.4 is 9.64 Å². The first-order chi connectivity index (χ1) is 16.4. The summed E-state index contributed by atoms with van der Waals surface area (Å²) in [6.45, 7) is 9.08. The molecule has 0 bridgehead atoms. The molecule has 8 heteroatoms. The summed E-state index contributed by atoms with van der Waals surface area (Å²) in [5, 5.41) is 0.659. The van der Waals surface area contributed by atoms with Gasteiger partial charge in [0, 0.05) is 42.5 Å². The van der Waals surface area contributed by atoms with Gasteiger partial charge in [-0.3, -0.25) is 0 Å². The van der Waals surface area contributed by atoms with Crippen LogP contribution in [0.4, 0.5) is 5.69 Å². The number of H-pyrrole nitrogens is 1. The van der Waals surface area contributed by atoms with Gasteiger partial charge in [0.1, 0.15) is 17.7 Å². The number of hydrogen-bond acceptors (Lipinski definition) is 6. The lowest BCUT2D eigenvalue weighted by atomic mass is 10.1. The Hall–Kier alpha value is -3.03. The number of imidazole rings is 1. The number of aromatic nitrogens is 3. The van der Waals surface area contributed by atoms with E-state index in [0.717, 1.165) is 48.5 Å². The van der Waals surface area contributed by atoms with E-state index in [2.05, 4.69) is 58.9 Å². The Kier molecular flexibility index (Phi) is 6.48. The zero-order valence-electron chi connectivity index (χ0n) is 19.8. The van der Waals surface area contributed by atoms with Gasteiger partial charge in [-0.05, 0) is 49.4 Å². The predicted octanol–water partition coefficient (Wildman–Crippen LogP) is 5.25. The Morgan fingerprint density at radius 2 is 1.91 bits per heavy atom. The van der Waals surface area contributed by atoms with Gasteiger partial charge in [0.2, 0.25) is 0 Å². The summed E-state index contributed by atoms with van der Waals surface area (Å²) in [7, 11) is 2.17. The number of oxazole rings is 1. The molecule has 178 valence electrons. The summed E-state index contributed by atoms with van der Waals surface area (Å²) in [4.78, 5) is 17.6. The topological polar surface area (TPSA) is 70.4 Å². The van der Waals surface area contributed by atoms with Crippen LogP contribution in [0.1, 0.15) is 25.3 Å². The van der Waals surface area contributed by atoms with E-state index in [1.54, 1.807) is 6.26 Å². The number of ether oxygens (including phenoxy) is 1. The number of piperazine rings is 1. The zero-order chi connectivity index (χ0) is 23.7. The normalized spacial score (nSPS) is 14.9. The minimum Gasteiger partial charge on any atom is -0.493 e. The molecule has 1 N–H and O–H groups in total. The Bertz CT molecular complexity index is 1270. The molecule has 0 amide bonds. The number of nitrogens with zero attached hydrogens (tertiary/aromatic N) is 4. The maximum Gasteiger partial charge on any atom is 0.199 e. The zero-order valence-corrected chi connectivity index (χ0v) is 20.6. The van der Waals surface area contributed by atoms with Crippen LogP contribution in [0.25, 0.3) is 22.6 Å². The van der Waals surface area contributed by atoms with Gasteiger partial charge in [0.05, 0.1) is 24.1 Å². The molecule has 7 nitrogen and oxygen atoms in total. The molecule has 1 aliphatic heterocycles. The second-order valence-electron chi connectivity index (χ2n) is 9.34. The van der Waals surface area contributed by atoms with Crippen LogP contribution >= 0.6 is 11.6 Å². The standard InChI is InChI=1S/C26H30ClN5O2/c1-17(2)15-33-24-7-4-19(27)12-18(24)13-25-28-23(16-34-25)26-29-21-6-5-20(14-22(21)30-26)32-10-8-31(3)9-11-32/h4-7,12,14,16-17H,8-11,13,15H2,1-3H3,(H,29,30). The van der Waals surface area contributed by atoms with E-state index in [1.165, 1.54) is 5.69 Å². The molecule has 5 rings (SSSR count). The fourth-order valence-corrected chi connectivity index (χ4v) is 4.32. The van der Waals surface area contributed by atoms with Crippen molar-refractivity contribution in [1.82, 2.24) is 19.9 Å².